The topological polar surface area (TPSA) is 41.6 Å². The quantitative estimate of drug-likeness (QED) is 0.890. The Kier molecular flexibility index (Phi) is 5.49. The van der Waals surface area contributed by atoms with Gasteiger partial charge in [-0.1, -0.05) is 18.2 Å². The Labute approximate surface area is 118 Å². The number of carbonyl (C=O) groups excluding carboxylic acids is 1. The summed E-state index contributed by atoms with van der Waals surface area (Å²) in [6.45, 7) is 2.20. The highest BCUT2D eigenvalue weighted by atomic mass is 19.1. The number of piperidine rings is 1. The Balaban J connectivity index is 1.78. The first kappa shape index (κ1) is 14.9. The number of rotatable bonds is 5. The average Bonchev–Trinajstić information content (AvgIpc) is 2.48. The maximum atomic E-state index is 13.5. The summed E-state index contributed by atoms with van der Waals surface area (Å²) in [5.74, 6) is -0.404. The molecule has 5 heteroatoms. The molecule has 0 aliphatic carbocycles. The lowest BCUT2D eigenvalue weighted by molar-refractivity contribution is -0.137. The van der Waals surface area contributed by atoms with E-state index in [4.69, 9.17) is 4.74 Å². The van der Waals surface area contributed by atoms with Crippen molar-refractivity contribution in [2.45, 2.75) is 25.5 Å². The average molecular weight is 280 g/mol. The summed E-state index contributed by atoms with van der Waals surface area (Å²) in [5, 5.41) is 3.25. The third-order valence-corrected chi connectivity index (χ3v) is 3.52. The summed E-state index contributed by atoms with van der Waals surface area (Å²) in [6, 6.07) is 6.50. The molecule has 0 aromatic heterocycles. The highest BCUT2D eigenvalue weighted by molar-refractivity contribution is 5.77. The summed E-state index contributed by atoms with van der Waals surface area (Å²) in [7, 11) is 1.67. The monoisotopic (exact) mass is 280 g/mol. The predicted octanol–water partition coefficient (Wildman–Crippen LogP) is 1.55. The fraction of sp³-hybridized carbons (Fsp3) is 0.533. The molecule has 2 rings (SSSR count). The van der Waals surface area contributed by atoms with Crippen LogP contribution in [0.2, 0.25) is 0 Å². The Morgan fingerprint density at radius 3 is 2.80 bits per heavy atom. The molecule has 1 amide bonds. The molecular formula is C15H21FN2O2. The van der Waals surface area contributed by atoms with E-state index in [9.17, 15) is 9.18 Å². The molecule has 0 bridgehead atoms. The van der Waals surface area contributed by atoms with Crippen LogP contribution in [0.1, 0.15) is 18.4 Å². The Morgan fingerprint density at radius 1 is 1.40 bits per heavy atom. The summed E-state index contributed by atoms with van der Waals surface area (Å²) >= 11 is 0. The number of amides is 1. The number of nitrogens with zero attached hydrogens (tertiary/aromatic N) is 1. The second-order valence-corrected chi connectivity index (χ2v) is 5.10. The van der Waals surface area contributed by atoms with Crippen LogP contribution in [0.15, 0.2) is 24.3 Å². The molecule has 0 radical (unpaired) electrons. The van der Waals surface area contributed by atoms with Gasteiger partial charge in [0.15, 0.2) is 0 Å². The van der Waals surface area contributed by atoms with Crippen LogP contribution >= 0.6 is 0 Å². The zero-order chi connectivity index (χ0) is 14.4. The highest BCUT2D eigenvalue weighted by Crippen LogP contribution is 2.10. The van der Waals surface area contributed by atoms with Gasteiger partial charge in [0.1, 0.15) is 12.4 Å². The van der Waals surface area contributed by atoms with E-state index >= 15 is 0 Å². The Morgan fingerprint density at radius 2 is 2.10 bits per heavy atom. The molecule has 20 heavy (non-hydrogen) atoms. The van der Waals surface area contributed by atoms with Gasteiger partial charge in [0.05, 0.1) is 6.10 Å². The third-order valence-electron chi connectivity index (χ3n) is 3.52. The number of likely N-dealkylation sites (N-methyl/N-ethyl adjacent to an activating group) is 1. The molecule has 1 aliphatic rings. The number of hydrogen-bond acceptors (Lipinski definition) is 3. The first-order valence-corrected chi connectivity index (χ1v) is 6.96. The fourth-order valence-electron chi connectivity index (χ4n) is 2.23. The number of benzene rings is 1. The lowest BCUT2D eigenvalue weighted by atomic mass is 10.1. The van der Waals surface area contributed by atoms with Gasteiger partial charge in [-0.2, -0.15) is 0 Å². The van der Waals surface area contributed by atoms with Crippen LogP contribution < -0.4 is 5.32 Å². The molecule has 0 atom stereocenters. The van der Waals surface area contributed by atoms with Crippen molar-refractivity contribution in [3.8, 4) is 0 Å². The van der Waals surface area contributed by atoms with Crippen molar-refractivity contribution >= 4 is 5.91 Å². The summed E-state index contributed by atoms with van der Waals surface area (Å²) in [5.41, 5.74) is 0.519. The minimum atomic E-state index is -0.286. The van der Waals surface area contributed by atoms with Crippen molar-refractivity contribution in [1.82, 2.24) is 10.2 Å². The van der Waals surface area contributed by atoms with Crippen LogP contribution in [0, 0.1) is 5.82 Å². The van der Waals surface area contributed by atoms with Gasteiger partial charge in [-0.15, -0.1) is 0 Å². The van der Waals surface area contributed by atoms with Crippen LogP contribution in [-0.4, -0.2) is 43.7 Å². The van der Waals surface area contributed by atoms with E-state index in [1.807, 2.05) is 0 Å². The molecule has 1 fully saturated rings. The lowest BCUT2D eigenvalue weighted by Gasteiger charge is -2.24. The summed E-state index contributed by atoms with van der Waals surface area (Å²) in [6.07, 6.45) is 2.02. The number of nitrogens with one attached hydrogen (secondary N) is 1. The maximum absolute atomic E-state index is 13.5. The van der Waals surface area contributed by atoms with Gasteiger partial charge in [-0.05, 0) is 32.0 Å². The van der Waals surface area contributed by atoms with Gasteiger partial charge in [-0.25, -0.2) is 4.39 Å². The Hall–Kier alpha value is -1.46. The van der Waals surface area contributed by atoms with Crippen molar-refractivity contribution in [1.29, 1.82) is 0 Å². The number of halogens is 1. The Bertz CT molecular complexity index is 447. The van der Waals surface area contributed by atoms with Crippen LogP contribution in [0.4, 0.5) is 4.39 Å². The molecule has 0 unspecified atom stereocenters. The second kappa shape index (κ2) is 7.36. The molecule has 1 heterocycles. The van der Waals surface area contributed by atoms with Gasteiger partial charge in [0.25, 0.3) is 0 Å². The van der Waals surface area contributed by atoms with Crippen molar-refractivity contribution in [2.75, 3.05) is 26.7 Å². The SMILES string of the molecule is CN(Cc1ccccc1F)C(=O)COC1CCNCC1. The largest absolute Gasteiger partial charge is 0.368 e. The predicted molar refractivity (Wildman–Crippen MR) is 74.7 cm³/mol. The van der Waals surface area contributed by atoms with E-state index in [2.05, 4.69) is 5.32 Å². The molecule has 1 aromatic rings. The van der Waals surface area contributed by atoms with Crippen LogP contribution in [0.3, 0.4) is 0 Å². The van der Waals surface area contributed by atoms with Crippen LogP contribution in [0.5, 0.6) is 0 Å². The molecule has 0 saturated carbocycles. The number of ether oxygens (including phenoxy) is 1. The smallest absolute Gasteiger partial charge is 0.248 e. The number of carbonyl (C=O) groups is 1. The molecule has 1 aliphatic heterocycles. The molecule has 1 aromatic carbocycles. The van der Waals surface area contributed by atoms with E-state index in [0.717, 1.165) is 25.9 Å². The standard InChI is InChI=1S/C15H21FN2O2/c1-18(10-12-4-2-3-5-14(12)16)15(19)11-20-13-6-8-17-9-7-13/h2-5,13,17H,6-11H2,1H3. The molecular weight excluding hydrogens is 259 g/mol. The molecule has 0 spiro atoms. The van der Waals surface area contributed by atoms with Crippen LogP contribution in [-0.2, 0) is 16.1 Å². The molecule has 1 N–H and O–H groups in total. The maximum Gasteiger partial charge on any atom is 0.248 e. The normalized spacial score (nSPS) is 16.1. The van der Waals surface area contributed by atoms with E-state index in [1.54, 1.807) is 25.2 Å². The van der Waals surface area contributed by atoms with Gasteiger partial charge in [0.2, 0.25) is 5.91 Å². The third kappa shape index (κ3) is 4.28. The first-order chi connectivity index (χ1) is 9.66. The van der Waals surface area contributed by atoms with E-state index in [0.29, 0.717) is 5.56 Å². The molecule has 1 saturated heterocycles. The molecule has 110 valence electrons. The summed E-state index contributed by atoms with van der Waals surface area (Å²) in [4.78, 5) is 13.5. The highest BCUT2D eigenvalue weighted by Gasteiger charge is 2.17. The number of hydrogen-bond donors (Lipinski definition) is 1. The van der Waals surface area contributed by atoms with E-state index in [-0.39, 0.29) is 31.0 Å². The van der Waals surface area contributed by atoms with Crippen molar-refractivity contribution in [2.24, 2.45) is 0 Å². The van der Waals surface area contributed by atoms with E-state index in [1.165, 1.54) is 11.0 Å². The van der Waals surface area contributed by atoms with Gasteiger partial charge >= 0.3 is 0 Å². The van der Waals surface area contributed by atoms with Gasteiger partial charge in [0, 0.05) is 19.2 Å². The minimum absolute atomic E-state index is 0.0651. The fourth-order valence-corrected chi connectivity index (χ4v) is 2.23. The first-order valence-electron chi connectivity index (χ1n) is 6.96. The van der Waals surface area contributed by atoms with E-state index < -0.39 is 0 Å². The van der Waals surface area contributed by atoms with Crippen molar-refractivity contribution in [3.05, 3.63) is 35.6 Å². The lowest BCUT2D eigenvalue weighted by Crippen LogP contribution is -2.36. The minimum Gasteiger partial charge on any atom is -0.368 e. The van der Waals surface area contributed by atoms with Crippen molar-refractivity contribution < 1.29 is 13.9 Å². The van der Waals surface area contributed by atoms with Gasteiger partial charge in [-0.3, -0.25) is 4.79 Å². The zero-order valence-electron chi connectivity index (χ0n) is 11.8. The molecule has 4 nitrogen and oxygen atoms in total. The zero-order valence-corrected chi connectivity index (χ0v) is 11.8. The van der Waals surface area contributed by atoms with Crippen molar-refractivity contribution in [3.63, 3.8) is 0 Å². The second-order valence-electron chi connectivity index (χ2n) is 5.10. The van der Waals surface area contributed by atoms with Gasteiger partial charge < -0.3 is 15.0 Å². The summed E-state index contributed by atoms with van der Waals surface area (Å²) < 4.78 is 19.1. The van der Waals surface area contributed by atoms with Crippen LogP contribution in [0.25, 0.3) is 0 Å².